The van der Waals surface area contributed by atoms with Crippen molar-refractivity contribution in [1.82, 2.24) is 29.5 Å². The zero-order valence-electron chi connectivity index (χ0n) is 18.1. The average Bonchev–Trinajstić information content (AvgIpc) is 3.25. The van der Waals surface area contributed by atoms with Crippen molar-refractivity contribution in [2.24, 2.45) is 0 Å². The maximum absolute atomic E-state index is 5.45. The third kappa shape index (κ3) is 4.17. The molecule has 0 aliphatic carbocycles. The molecule has 2 N–H and O–H groups in total. The number of benzene rings is 1. The van der Waals surface area contributed by atoms with E-state index >= 15 is 0 Å². The molecule has 4 heterocycles. The molecule has 1 saturated heterocycles. The molecule has 4 aromatic rings. The van der Waals surface area contributed by atoms with Crippen LogP contribution in [-0.2, 0) is 4.74 Å². The predicted octanol–water partition coefficient (Wildman–Crippen LogP) is 3.52. The van der Waals surface area contributed by atoms with Crippen molar-refractivity contribution in [3.05, 3.63) is 49.1 Å². The number of nitrogens with zero attached hydrogens (tertiary/aromatic N) is 7. The second kappa shape index (κ2) is 8.75. The number of nitrogens with one attached hydrogen (secondary N) is 2. The first-order valence-corrected chi connectivity index (χ1v) is 10.7. The van der Waals surface area contributed by atoms with Crippen LogP contribution in [0.15, 0.2) is 49.1 Å². The van der Waals surface area contributed by atoms with Crippen molar-refractivity contribution < 1.29 is 4.74 Å². The molecule has 10 nitrogen and oxygen atoms in total. The minimum Gasteiger partial charge on any atom is -0.378 e. The van der Waals surface area contributed by atoms with Crippen LogP contribution in [0.5, 0.6) is 0 Å². The molecular formula is C22H25N9O. The Labute approximate surface area is 185 Å². The zero-order valence-corrected chi connectivity index (χ0v) is 18.1. The Balaban J connectivity index is 1.46. The normalized spacial score (nSPS) is 14.2. The summed E-state index contributed by atoms with van der Waals surface area (Å²) in [5, 5.41) is 6.49. The first-order chi connectivity index (χ1) is 15.7. The van der Waals surface area contributed by atoms with Gasteiger partial charge >= 0.3 is 0 Å². The molecule has 0 unspecified atom stereocenters. The molecule has 1 aromatic carbocycles. The number of imidazole rings is 1. The number of anilines is 5. The van der Waals surface area contributed by atoms with Crippen molar-refractivity contribution >= 4 is 40.3 Å². The lowest BCUT2D eigenvalue weighted by molar-refractivity contribution is 0.122. The highest BCUT2D eigenvalue weighted by Crippen LogP contribution is 2.28. The maximum Gasteiger partial charge on any atom is 0.233 e. The van der Waals surface area contributed by atoms with E-state index in [2.05, 4.69) is 66.4 Å². The minimum absolute atomic E-state index is 0.205. The Morgan fingerprint density at radius 2 is 1.66 bits per heavy atom. The Morgan fingerprint density at radius 3 is 2.38 bits per heavy atom. The third-order valence-electron chi connectivity index (χ3n) is 5.27. The van der Waals surface area contributed by atoms with Gasteiger partial charge in [-0.1, -0.05) is 0 Å². The van der Waals surface area contributed by atoms with E-state index in [1.807, 2.05) is 16.7 Å². The molecule has 1 aliphatic rings. The van der Waals surface area contributed by atoms with Crippen LogP contribution in [0.3, 0.4) is 0 Å². The lowest BCUT2D eigenvalue weighted by Gasteiger charge is -2.28. The molecular weight excluding hydrogens is 406 g/mol. The molecule has 0 radical (unpaired) electrons. The van der Waals surface area contributed by atoms with Gasteiger partial charge in [0.15, 0.2) is 17.0 Å². The molecule has 5 rings (SSSR count). The molecule has 0 saturated carbocycles. The van der Waals surface area contributed by atoms with Crippen molar-refractivity contribution in [2.45, 2.75) is 19.9 Å². The fourth-order valence-corrected chi connectivity index (χ4v) is 3.61. The van der Waals surface area contributed by atoms with Gasteiger partial charge in [-0.2, -0.15) is 9.97 Å². The summed E-state index contributed by atoms with van der Waals surface area (Å²) in [4.78, 5) is 24.6. The van der Waals surface area contributed by atoms with Gasteiger partial charge in [0.25, 0.3) is 0 Å². The summed E-state index contributed by atoms with van der Waals surface area (Å²) in [5.41, 5.74) is 3.54. The van der Waals surface area contributed by atoms with Crippen molar-refractivity contribution in [3.63, 3.8) is 0 Å². The summed E-state index contributed by atoms with van der Waals surface area (Å²) < 4.78 is 7.46. The number of ether oxygens (including phenoxy) is 1. The van der Waals surface area contributed by atoms with Crippen molar-refractivity contribution in [3.8, 4) is 0 Å². The van der Waals surface area contributed by atoms with Crippen LogP contribution in [-0.4, -0.2) is 55.8 Å². The van der Waals surface area contributed by atoms with Gasteiger partial charge in [-0.3, -0.25) is 5.32 Å². The summed E-state index contributed by atoms with van der Waals surface area (Å²) in [6.45, 7) is 7.52. The summed E-state index contributed by atoms with van der Waals surface area (Å²) in [7, 11) is 0. The number of morpholine rings is 1. The van der Waals surface area contributed by atoms with Gasteiger partial charge in [-0.25, -0.2) is 15.0 Å². The van der Waals surface area contributed by atoms with Gasteiger partial charge in [0.2, 0.25) is 11.9 Å². The third-order valence-corrected chi connectivity index (χ3v) is 5.27. The van der Waals surface area contributed by atoms with Gasteiger partial charge < -0.3 is 19.5 Å². The molecule has 0 bridgehead atoms. The number of fused-ring (bicyclic) bond motifs is 1. The predicted molar refractivity (Wildman–Crippen MR) is 124 cm³/mol. The number of aromatic nitrogens is 6. The smallest absolute Gasteiger partial charge is 0.233 e. The average molecular weight is 432 g/mol. The van der Waals surface area contributed by atoms with Crippen molar-refractivity contribution in [1.29, 1.82) is 0 Å². The van der Waals surface area contributed by atoms with Gasteiger partial charge in [0.05, 0.1) is 19.5 Å². The number of hydrogen-bond acceptors (Lipinski definition) is 9. The first kappa shape index (κ1) is 20.1. The molecule has 0 spiro atoms. The summed E-state index contributed by atoms with van der Waals surface area (Å²) in [5.74, 6) is 1.45. The highest BCUT2D eigenvalue weighted by Gasteiger charge is 2.16. The Morgan fingerprint density at radius 1 is 0.906 bits per heavy atom. The second-order valence-electron chi connectivity index (χ2n) is 7.78. The van der Waals surface area contributed by atoms with Crippen LogP contribution >= 0.6 is 0 Å². The summed E-state index contributed by atoms with van der Waals surface area (Å²) >= 11 is 0. The van der Waals surface area contributed by atoms with E-state index in [0.29, 0.717) is 23.2 Å². The molecule has 1 fully saturated rings. The number of rotatable bonds is 6. The minimum atomic E-state index is 0.205. The molecule has 164 valence electrons. The summed E-state index contributed by atoms with van der Waals surface area (Å²) in [6, 6.07) is 10.3. The number of hydrogen-bond donors (Lipinski definition) is 2. The van der Waals surface area contributed by atoms with E-state index < -0.39 is 0 Å². The van der Waals surface area contributed by atoms with Crippen LogP contribution in [0.2, 0.25) is 0 Å². The highest BCUT2D eigenvalue weighted by atomic mass is 16.5. The van der Waals surface area contributed by atoms with Crippen LogP contribution in [0.1, 0.15) is 19.9 Å². The lowest BCUT2D eigenvalue weighted by Crippen LogP contribution is -2.36. The Hall–Kier alpha value is -3.79. The molecule has 1 aliphatic heterocycles. The van der Waals surface area contributed by atoms with Crippen LogP contribution in [0, 0.1) is 0 Å². The van der Waals surface area contributed by atoms with Gasteiger partial charge in [0.1, 0.15) is 0 Å². The second-order valence-corrected chi connectivity index (χ2v) is 7.78. The molecule has 10 heteroatoms. The Bertz CT molecular complexity index is 1190. The van der Waals surface area contributed by atoms with Crippen LogP contribution < -0.4 is 15.5 Å². The highest BCUT2D eigenvalue weighted by molar-refractivity contribution is 5.87. The van der Waals surface area contributed by atoms with Gasteiger partial charge in [-0.15, -0.1) is 0 Å². The first-order valence-electron chi connectivity index (χ1n) is 10.7. The fraction of sp³-hybridized carbons (Fsp3) is 0.318. The van der Waals surface area contributed by atoms with E-state index in [1.54, 1.807) is 24.8 Å². The van der Waals surface area contributed by atoms with Gasteiger partial charge in [0, 0.05) is 42.9 Å². The fourth-order valence-electron chi connectivity index (χ4n) is 3.61. The van der Waals surface area contributed by atoms with Crippen LogP contribution in [0.25, 0.3) is 11.2 Å². The standard InChI is InChI=1S/C22H25N9O/c1-15(2)31-14-25-18-19(27-22(28-20(18)31)29-21-23-8-3-9-24-21)26-16-4-6-17(7-5-16)30-10-12-32-13-11-30/h3-9,14-15H,10-13H2,1-2H3,(H2,23,24,26,27,28,29). The summed E-state index contributed by atoms with van der Waals surface area (Å²) in [6.07, 6.45) is 5.13. The van der Waals surface area contributed by atoms with E-state index in [1.165, 1.54) is 5.69 Å². The zero-order chi connectivity index (χ0) is 21.9. The van der Waals surface area contributed by atoms with Crippen LogP contribution in [0.4, 0.5) is 29.1 Å². The molecule has 0 amide bonds. The van der Waals surface area contributed by atoms with E-state index in [0.717, 1.165) is 37.6 Å². The molecule has 3 aromatic heterocycles. The van der Waals surface area contributed by atoms with E-state index in [4.69, 9.17) is 4.74 Å². The topological polar surface area (TPSA) is 106 Å². The quantitative estimate of drug-likeness (QED) is 0.474. The molecule has 0 atom stereocenters. The van der Waals surface area contributed by atoms with E-state index in [9.17, 15) is 0 Å². The van der Waals surface area contributed by atoms with Gasteiger partial charge in [-0.05, 0) is 44.2 Å². The molecule has 32 heavy (non-hydrogen) atoms. The van der Waals surface area contributed by atoms with E-state index in [-0.39, 0.29) is 6.04 Å². The monoisotopic (exact) mass is 431 g/mol. The SMILES string of the molecule is CC(C)n1cnc2c(Nc3ccc(N4CCOCC4)cc3)nc(Nc3ncccn3)nc21. The largest absolute Gasteiger partial charge is 0.378 e. The van der Waals surface area contributed by atoms with Crippen molar-refractivity contribution in [2.75, 3.05) is 41.8 Å². The Kier molecular flexibility index (Phi) is 5.51. The lowest BCUT2D eigenvalue weighted by atomic mass is 10.2. The maximum atomic E-state index is 5.45.